The van der Waals surface area contributed by atoms with Crippen molar-refractivity contribution in [2.75, 3.05) is 0 Å². The fraction of sp³-hybridized carbons (Fsp3) is 0.500. The monoisotopic (exact) mass is 453 g/mol. The van der Waals surface area contributed by atoms with Crippen LogP contribution in [-0.2, 0) is 25.2 Å². The van der Waals surface area contributed by atoms with Crippen molar-refractivity contribution in [3.05, 3.63) is 52.4 Å². The minimum absolute atomic E-state index is 0.0728. The second kappa shape index (κ2) is 8.51. The summed E-state index contributed by atoms with van der Waals surface area (Å²) in [7, 11) is 1.57. The summed E-state index contributed by atoms with van der Waals surface area (Å²) in [5, 5.41) is 0. The molecule has 11 heteroatoms. The Kier molecular flexibility index (Phi) is 6.77. The minimum Gasteiger partial charge on any atom is -0.291 e. The van der Waals surface area contributed by atoms with Gasteiger partial charge < -0.3 is 0 Å². The fourth-order valence-corrected chi connectivity index (χ4v) is 3.09. The summed E-state index contributed by atoms with van der Waals surface area (Å²) in [6.07, 6.45) is -10.5. The lowest BCUT2D eigenvalue weighted by Crippen LogP contribution is -2.26. The quantitative estimate of drug-likeness (QED) is 0.574. The van der Waals surface area contributed by atoms with E-state index in [-0.39, 0.29) is 18.5 Å². The van der Waals surface area contributed by atoms with E-state index in [9.17, 15) is 35.5 Å². The van der Waals surface area contributed by atoms with Gasteiger partial charge in [0.05, 0.1) is 11.1 Å². The van der Waals surface area contributed by atoms with Crippen LogP contribution in [0.4, 0.5) is 30.7 Å². The van der Waals surface area contributed by atoms with Gasteiger partial charge in [-0.25, -0.2) is 4.39 Å². The molecule has 0 atom stereocenters. The average Bonchev–Trinajstić information content (AvgIpc) is 2.89. The maximum absolute atomic E-state index is 14.0. The Labute approximate surface area is 174 Å². The first-order valence-corrected chi connectivity index (χ1v) is 9.30. The molecule has 172 valence electrons. The predicted molar refractivity (Wildman–Crippen MR) is 98.7 cm³/mol. The van der Waals surface area contributed by atoms with Crippen molar-refractivity contribution in [1.82, 2.24) is 9.36 Å². The molecule has 0 aliphatic heterocycles. The molecule has 0 saturated carbocycles. The van der Waals surface area contributed by atoms with E-state index < -0.39 is 47.0 Å². The molecule has 0 aliphatic rings. The van der Waals surface area contributed by atoms with Crippen LogP contribution in [0.2, 0.25) is 0 Å². The molecular weight excluding hydrogens is 431 g/mol. The first-order chi connectivity index (χ1) is 14.0. The summed E-state index contributed by atoms with van der Waals surface area (Å²) in [5.41, 5.74) is -2.02. The largest absolute Gasteiger partial charge is 0.416 e. The molecule has 2 rings (SSSR count). The summed E-state index contributed by atoms with van der Waals surface area (Å²) in [6.45, 7) is 5.35. The third kappa shape index (κ3) is 6.20. The first kappa shape index (κ1) is 24.7. The van der Waals surface area contributed by atoms with Crippen molar-refractivity contribution in [3.63, 3.8) is 0 Å². The Hall–Kier alpha value is -2.59. The number of alkyl halides is 6. The Morgan fingerprint density at radius 3 is 2.16 bits per heavy atom. The van der Waals surface area contributed by atoms with Gasteiger partial charge in [-0.05, 0) is 24.6 Å². The van der Waals surface area contributed by atoms with E-state index in [0.29, 0.717) is 23.9 Å². The molecule has 0 radical (unpaired) electrons. The number of carbonyl (C=O) groups excluding carboxylic acids is 1. The molecule has 0 spiro atoms. The van der Waals surface area contributed by atoms with Crippen LogP contribution in [0.25, 0.3) is 0 Å². The number of hydrogen-bond donors (Lipinski definition) is 0. The van der Waals surface area contributed by atoms with Crippen molar-refractivity contribution in [1.29, 1.82) is 0 Å². The van der Waals surface area contributed by atoms with Crippen LogP contribution in [0.5, 0.6) is 0 Å². The van der Waals surface area contributed by atoms with Crippen LogP contribution in [0, 0.1) is 5.82 Å². The number of nitrogens with zero attached hydrogens (tertiary/aromatic N) is 3. The molecule has 0 bridgehead atoms. The molecular formula is C20H22F7N3O. The predicted octanol–water partition coefficient (Wildman–Crippen LogP) is 5.37. The van der Waals surface area contributed by atoms with Crippen molar-refractivity contribution in [2.24, 2.45) is 12.0 Å². The first-order valence-electron chi connectivity index (χ1n) is 9.30. The summed E-state index contributed by atoms with van der Waals surface area (Å²) in [4.78, 5) is 16.2. The third-order valence-electron chi connectivity index (χ3n) is 4.58. The SMILES string of the molecule is Cn1c(C(C)(C)C)cc(=NC(=O)c2cc(C(F)(F)F)ccc2F)n1CCCC(F)(F)F. The Morgan fingerprint density at radius 1 is 1.03 bits per heavy atom. The van der Waals surface area contributed by atoms with Crippen molar-refractivity contribution >= 4 is 5.91 Å². The zero-order chi connectivity index (χ0) is 23.8. The highest BCUT2D eigenvalue weighted by molar-refractivity contribution is 5.95. The lowest BCUT2D eigenvalue weighted by atomic mass is 9.92. The van der Waals surface area contributed by atoms with Gasteiger partial charge in [0.2, 0.25) is 0 Å². The van der Waals surface area contributed by atoms with Crippen LogP contribution in [0.3, 0.4) is 0 Å². The van der Waals surface area contributed by atoms with Crippen LogP contribution in [-0.4, -0.2) is 21.4 Å². The number of aromatic nitrogens is 2. The summed E-state index contributed by atoms with van der Waals surface area (Å²) < 4.78 is 93.2. The Bertz CT molecular complexity index is 1020. The topological polar surface area (TPSA) is 39.3 Å². The third-order valence-corrected chi connectivity index (χ3v) is 4.58. The van der Waals surface area contributed by atoms with Gasteiger partial charge in [-0.15, -0.1) is 0 Å². The molecule has 31 heavy (non-hydrogen) atoms. The maximum atomic E-state index is 14.0. The lowest BCUT2D eigenvalue weighted by Gasteiger charge is -2.20. The molecule has 0 aliphatic carbocycles. The van der Waals surface area contributed by atoms with Crippen LogP contribution >= 0.6 is 0 Å². The van der Waals surface area contributed by atoms with Gasteiger partial charge in [0.25, 0.3) is 5.91 Å². The molecule has 2 aromatic rings. The lowest BCUT2D eigenvalue weighted by molar-refractivity contribution is -0.138. The Balaban J connectivity index is 2.54. The number of hydrogen-bond acceptors (Lipinski definition) is 1. The van der Waals surface area contributed by atoms with E-state index in [2.05, 4.69) is 4.99 Å². The highest BCUT2D eigenvalue weighted by Gasteiger charge is 2.32. The molecule has 1 aromatic heterocycles. The zero-order valence-corrected chi connectivity index (χ0v) is 17.3. The van der Waals surface area contributed by atoms with E-state index in [1.54, 1.807) is 7.05 Å². The van der Waals surface area contributed by atoms with Crippen molar-refractivity contribution in [3.8, 4) is 0 Å². The second-order valence-electron chi connectivity index (χ2n) is 8.11. The molecule has 4 nitrogen and oxygen atoms in total. The van der Waals surface area contributed by atoms with Gasteiger partial charge in [-0.2, -0.15) is 31.3 Å². The highest BCUT2D eigenvalue weighted by atomic mass is 19.4. The number of rotatable bonds is 4. The summed E-state index contributed by atoms with van der Waals surface area (Å²) in [5.74, 6) is -2.45. The van der Waals surface area contributed by atoms with E-state index in [1.807, 2.05) is 20.8 Å². The van der Waals surface area contributed by atoms with Crippen LogP contribution in [0.1, 0.15) is 55.2 Å². The van der Waals surface area contributed by atoms with Crippen molar-refractivity contribution < 1.29 is 35.5 Å². The van der Waals surface area contributed by atoms with Gasteiger partial charge >= 0.3 is 12.4 Å². The van der Waals surface area contributed by atoms with Gasteiger partial charge in [0.1, 0.15) is 5.82 Å². The number of halogens is 7. The molecule has 1 heterocycles. The van der Waals surface area contributed by atoms with Gasteiger partial charge in [-0.3, -0.25) is 14.2 Å². The smallest absolute Gasteiger partial charge is 0.291 e. The maximum Gasteiger partial charge on any atom is 0.416 e. The average molecular weight is 453 g/mol. The van der Waals surface area contributed by atoms with Gasteiger partial charge in [0, 0.05) is 37.2 Å². The van der Waals surface area contributed by atoms with Gasteiger partial charge in [0.15, 0.2) is 5.49 Å². The van der Waals surface area contributed by atoms with E-state index >= 15 is 0 Å². The van der Waals surface area contributed by atoms with E-state index in [4.69, 9.17) is 0 Å². The fourth-order valence-electron chi connectivity index (χ4n) is 3.09. The molecule has 0 fully saturated rings. The minimum atomic E-state index is -4.79. The molecule has 0 unspecified atom stereocenters. The van der Waals surface area contributed by atoms with Crippen LogP contribution < -0.4 is 5.49 Å². The highest BCUT2D eigenvalue weighted by Crippen LogP contribution is 2.30. The number of benzene rings is 1. The molecule has 0 saturated heterocycles. The molecule has 1 aromatic carbocycles. The molecule has 1 amide bonds. The standard InChI is InChI=1S/C20H22F7N3O/c1-18(2,3)15-11-16(30(29(15)4)9-5-8-19(22,23)24)28-17(31)13-10-12(20(25,26)27)6-7-14(13)21/h6-7,10-11H,5,8-9H2,1-4H3. The van der Waals surface area contributed by atoms with Crippen LogP contribution in [0.15, 0.2) is 29.3 Å². The van der Waals surface area contributed by atoms with E-state index in [1.165, 1.54) is 15.4 Å². The summed E-state index contributed by atoms with van der Waals surface area (Å²) >= 11 is 0. The van der Waals surface area contributed by atoms with E-state index in [0.717, 1.165) is 0 Å². The normalized spacial score (nSPS) is 13.7. The number of amides is 1. The Morgan fingerprint density at radius 2 is 1.65 bits per heavy atom. The van der Waals surface area contributed by atoms with Gasteiger partial charge in [-0.1, -0.05) is 20.8 Å². The number of carbonyl (C=O) groups is 1. The van der Waals surface area contributed by atoms with Crippen molar-refractivity contribution in [2.45, 2.75) is 57.9 Å². The zero-order valence-electron chi connectivity index (χ0n) is 17.3. The summed E-state index contributed by atoms with van der Waals surface area (Å²) in [6, 6.07) is 2.85. The second-order valence-corrected chi connectivity index (χ2v) is 8.11. The molecule has 0 N–H and O–H groups in total.